The first-order valence-corrected chi connectivity index (χ1v) is 6.03. The van der Waals surface area contributed by atoms with Crippen LogP contribution in [0.3, 0.4) is 0 Å². The zero-order chi connectivity index (χ0) is 10.4. The first kappa shape index (κ1) is 9.45. The highest BCUT2D eigenvalue weighted by atomic mass is 32.2. The molecule has 2 N–H and O–H groups in total. The molecule has 0 spiro atoms. The molecule has 0 aliphatic carbocycles. The van der Waals surface area contributed by atoms with Crippen LogP contribution < -0.4 is 5.73 Å². The number of nitrogens with zero attached hydrogens (tertiary/aromatic N) is 2. The SMILES string of the molecule is CC1(c2nnc(N)o2)CCS(=O)(=O)C1. The summed E-state index contributed by atoms with van der Waals surface area (Å²) in [4.78, 5) is 0. The fourth-order valence-corrected chi connectivity index (χ4v) is 3.80. The first-order valence-electron chi connectivity index (χ1n) is 4.21. The van der Waals surface area contributed by atoms with E-state index in [1.54, 1.807) is 6.92 Å². The molecule has 1 unspecified atom stereocenters. The van der Waals surface area contributed by atoms with Crippen molar-refractivity contribution in [2.24, 2.45) is 0 Å². The van der Waals surface area contributed by atoms with Gasteiger partial charge in [0.2, 0.25) is 5.89 Å². The van der Waals surface area contributed by atoms with Crippen molar-refractivity contribution >= 4 is 15.9 Å². The van der Waals surface area contributed by atoms with Gasteiger partial charge in [-0.25, -0.2) is 8.42 Å². The van der Waals surface area contributed by atoms with Gasteiger partial charge in [-0.15, -0.1) is 5.10 Å². The molecule has 1 aliphatic rings. The molecule has 78 valence electrons. The smallest absolute Gasteiger partial charge is 0.312 e. The Morgan fingerprint density at radius 2 is 2.21 bits per heavy atom. The van der Waals surface area contributed by atoms with Crippen molar-refractivity contribution in [1.82, 2.24) is 10.2 Å². The quantitative estimate of drug-likeness (QED) is 0.695. The summed E-state index contributed by atoms with van der Waals surface area (Å²) in [5.74, 6) is 0.545. The van der Waals surface area contributed by atoms with Crippen LogP contribution in [0.1, 0.15) is 19.2 Å². The molecule has 1 saturated heterocycles. The van der Waals surface area contributed by atoms with Crippen molar-refractivity contribution in [1.29, 1.82) is 0 Å². The molecule has 14 heavy (non-hydrogen) atoms. The van der Waals surface area contributed by atoms with E-state index >= 15 is 0 Å². The number of nitrogens with two attached hydrogens (primary N) is 1. The molecular formula is C7H11N3O3S. The third-order valence-corrected chi connectivity index (χ3v) is 4.36. The Labute approximate surface area is 81.4 Å². The molecule has 1 atom stereocenters. The molecule has 0 amide bonds. The van der Waals surface area contributed by atoms with Gasteiger partial charge in [0.25, 0.3) is 0 Å². The zero-order valence-corrected chi connectivity index (χ0v) is 8.54. The maximum absolute atomic E-state index is 11.3. The van der Waals surface area contributed by atoms with Crippen LogP contribution in [-0.4, -0.2) is 30.1 Å². The molecular weight excluding hydrogens is 206 g/mol. The summed E-state index contributed by atoms with van der Waals surface area (Å²) in [7, 11) is -2.96. The average Bonchev–Trinajstić information content (AvgIpc) is 2.57. The summed E-state index contributed by atoms with van der Waals surface area (Å²) >= 11 is 0. The van der Waals surface area contributed by atoms with E-state index in [4.69, 9.17) is 10.2 Å². The van der Waals surface area contributed by atoms with Crippen molar-refractivity contribution in [3.05, 3.63) is 5.89 Å². The predicted molar refractivity (Wildman–Crippen MR) is 49.3 cm³/mol. The van der Waals surface area contributed by atoms with Crippen LogP contribution in [0.15, 0.2) is 4.42 Å². The van der Waals surface area contributed by atoms with Crippen molar-refractivity contribution in [3.63, 3.8) is 0 Å². The summed E-state index contributed by atoms with van der Waals surface area (Å²) in [6, 6.07) is -0.0227. The lowest BCUT2D eigenvalue weighted by Crippen LogP contribution is -2.23. The van der Waals surface area contributed by atoms with Crippen LogP contribution in [0.5, 0.6) is 0 Å². The van der Waals surface area contributed by atoms with Gasteiger partial charge in [-0.05, 0) is 13.3 Å². The molecule has 0 bridgehead atoms. The largest absolute Gasteiger partial charge is 0.408 e. The van der Waals surface area contributed by atoms with Crippen LogP contribution in [0.2, 0.25) is 0 Å². The summed E-state index contributed by atoms with van der Waals surface area (Å²) in [5.41, 5.74) is 4.72. The highest BCUT2D eigenvalue weighted by Gasteiger charge is 2.43. The molecule has 1 aromatic heterocycles. The second kappa shape index (κ2) is 2.69. The summed E-state index contributed by atoms with van der Waals surface area (Å²) in [5, 5.41) is 7.25. The monoisotopic (exact) mass is 217 g/mol. The number of nitrogen functional groups attached to an aromatic ring is 1. The second-order valence-electron chi connectivity index (χ2n) is 3.85. The third-order valence-electron chi connectivity index (χ3n) is 2.46. The minimum atomic E-state index is -2.96. The van der Waals surface area contributed by atoms with Gasteiger partial charge in [0.15, 0.2) is 9.84 Å². The van der Waals surface area contributed by atoms with Crippen LogP contribution in [0.25, 0.3) is 0 Å². The van der Waals surface area contributed by atoms with Crippen molar-refractivity contribution in [3.8, 4) is 0 Å². The summed E-state index contributed by atoms with van der Waals surface area (Å²) in [6.45, 7) is 1.80. The second-order valence-corrected chi connectivity index (χ2v) is 6.03. The number of aromatic nitrogens is 2. The summed E-state index contributed by atoms with van der Waals surface area (Å²) < 4.78 is 27.7. The van der Waals surface area contributed by atoms with Crippen molar-refractivity contribution in [2.75, 3.05) is 17.2 Å². The van der Waals surface area contributed by atoms with Crippen LogP contribution >= 0.6 is 0 Å². The molecule has 1 aromatic rings. The molecule has 2 heterocycles. The Bertz CT molecular complexity index is 453. The maximum atomic E-state index is 11.3. The number of sulfone groups is 1. The minimum absolute atomic E-state index is 0.0227. The topological polar surface area (TPSA) is 99.1 Å². The molecule has 1 fully saturated rings. The van der Waals surface area contributed by atoms with Gasteiger partial charge in [-0.3, -0.25) is 0 Å². The highest BCUT2D eigenvalue weighted by molar-refractivity contribution is 7.91. The van der Waals surface area contributed by atoms with E-state index in [1.807, 2.05) is 0 Å². The Morgan fingerprint density at radius 3 is 2.64 bits per heavy atom. The standard InChI is InChI=1S/C7H11N3O3S/c1-7(2-3-14(11,12)4-7)5-9-10-6(8)13-5/h2-4H2,1H3,(H2,8,10). The Balaban J connectivity index is 2.36. The number of anilines is 1. The van der Waals surface area contributed by atoms with Gasteiger partial charge in [0, 0.05) is 0 Å². The summed E-state index contributed by atoms with van der Waals surface area (Å²) in [6.07, 6.45) is 0.511. The van der Waals surface area contributed by atoms with Gasteiger partial charge >= 0.3 is 6.01 Å². The molecule has 2 rings (SSSR count). The Morgan fingerprint density at radius 1 is 1.50 bits per heavy atom. The molecule has 7 heteroatoms. The van der Waals surface area contributed by atoms with Gasteiger partial charge in [0.1, 0.15) is 0 Å². The number of hydrogen-bond donors (Lipinski definition) is 1. The van der Waals surface area contributed by atoms with Crippen molar-refractivity contribution in [2.45, 2.75) is 18.8 Å². The van der Waals surface area contributed by atoms with Gasteiger partial charge in [-0.2, -0.15) is 0 Å². The van der Waals surface area contributed by atoms with E-state index in [0.717, 1.165) is 0 Å². The van der Waals surface area contributed by atoms with E-state index in [2.05, 4.69) is 10.2 Å². The van der Waals surface area contributed by atoms with E-state index in [-0.39, 0.29) is 17.5 Å². The van der Waals surface area contributed by atoms with E-state index in [9.17, 15) is 8.42 Å². The van der Waals surface area contributed by atoms with Gasteiger partial charge < -0.3 is 10.2 Å². The Hall–Kier alpha value is -1.11. The lowest BCUT2D eigenvalue weighted by Gasteiger charge is -2.15. The highest BCUT2D eigenvalue weighted by Crippen LogP contribution is 2.34. The van der Waals surface area contributed by atoms with Gasteiger partial charge in [0.05, 0.1) is 16.9 Å². The molecule has 0 saturated carbocycles. The molecule has 1 aliphatic heterocycles. The van der Waals surface area contributed by atoms with E-state index < -0.39 is 15.3 Å². The molecule has 0 aromatic carbocycles. The third kappa shape index (κ3) is 1.47. The van der Waals surface area contributed by atoms with Crippen LogP contribution in [-0.2, 0) is 15.3 Å². The fourth-order valence-electron chi connectivity index (χ4n) is 1.66. The number of hydrogen-bond acceptors (Lipinski definition) is 6. The lowest BCUT2D eigenvalue weighted by atomic mass is 9.90. The normalized spacial score (nSPS) is 30.6. The van der Waals surface area contributed by atoms with E-state index in [1.165, 1.54) is 0 Å². The van der Waals surface area contributed by atoms with Crippen LogP contribution in [0.4, 0.5) is 6.01 Å². The molecule has 6 nitrogen and oxygen atoms in total. The van der Waals surface area contributed by atoms with E-state index in [0.29, 0.717) is 12.3 Å². The zero-order valence-electron chi connectivity index (χ0n) is 7.73. The predicted octanol–water partition coefficient (Wildman–Crippen LogP) is -0.272. The fraction of sp³-hybridized carbons (Fsp3) is 0.714. The maximum Gasteiger partial charge on any atom is 0.312 e. The Kier molecular flexibility index (Phi) is 1.82. The lowest BCUT2D eigenvalue weighted by molar-refractivity contribution is 0.382. The van der Waals surface area contributed by atoms with Crippen molar-refractivity contribution < 1.29 is 12.8 Å². The average molecular weight is 217 g/mol. The number of rotatable bonds is 1. The minimum Gasteiger partial charge on any atom is -0.408 e. The van der Waals surface area contributed by atoms with Crippen LogP contribution in [0, 0.1) is 0 Å². The first-order chi connectivity index (χ1) is 6.41. The van der Waals surface area contributed by atoms with Gasteiger partial charge in [-0.1, -0.05) is 5.10 Å². The molecule has 0 radical (unpaired) electrons.